The molecule has 1 aromatic rings. The second-order valence-corrected chi connectivity index (χ2v) is 5.49. The third kappa shape index (κ3) is 3.73. The van der Waals surface area contributed by atoms with Crippen LogP contribution in [0.15, 0.2) is 12.1 Å². The van der Waals surface area contributed by atoms with E-state index in [1.54, 1.807) is 4.90 Å². The number of pyridine rings is 1. The Morgan fingerprint density at radius 2 is 2.29 bits per heavy atom. The Bertz CT molecular complexity index is 466. The van der Waals surface area contributed by atoms with Crippen LogP contribution in [0.1, 0.15) is 49.2 Å². The minimum absolute atomic E-state index is 0.00505. The van der Waals surface area contributed by atoms with Crippen molar-refractivity contribution in [3.63, 3.8) is 0 Å². The molecule has 2 N–H and O–H groups in total. The molecule has 1 unspecified atom stereocenters. The second kappa shape index (κ2) is 7.41. The van der Waals surface area contributed by atoms with E-state index in [2.05, 4.69) is 17.2 Å². The Labute approximate surface area is 126 Å². The van der Waals surface area contributed by atoms with Crippen molar-refractivity contribution >= 4 is 11.7 Å². The fraction of sp³-hybridized carbons (Fsp3) is 0.625. The van der Waals surface area contributed by atoms with E-state index < -0.39 is 0 Å². The summed E-state index contributed by atoms with van der Waals surface area (Å²) in [6.07, 6.45) is 3.71. The lowest BCUT2D eigenvalue weighted by Crippen LogP contribution is -2.37. The summed E-state index contributed by atoms with van der Waals surface area (Å²) >= 11 is 0. The molecule has 1 aliphatic heterocycles. The molecule has 0 radical (unpaired) electrons. The quantitative estimate of drug-likeness (QED) is 0.842. The van der Waals surface area contributed by atoms with Crippen LogP contribution in [-0.2, 0) is 6.42 Å². The number of aliphatic hydroxyl groups excluding tert-OH is 1. The van der Waals surface area contributed by atoms with Crippen molar-refractivity contribution in [3.05, 3.63) is 23.4 Å². The van der Waals surface area contributed by atoms with Crippen LogP contribution < -0.4 is 5.32 Å². The fourth-order valence-electron chi connectivity index (χ4n) is 2.83. The van der Waals surface area contributed by atoms with Gasteiger partial charge in [0.15, 0.2) is 0 Å². The third-order valence-electron chi connectivity index (χ3n) is 3.84. The number of aromatic nitrogens is 1. The van der Waals surface area contributed by atoms with Gasteiger partial charge in [-0.05, 0) is 38.3 Å². The van der Waals surface area contributed by atoms with Gasteiger partial charge in [-0.25, -0.2) is 4.98 Å². The van der Waals surface area contributed by atoms with E-state index in [-0.39, 0.29) is 18.6 Å². The van der Waals surface area contributed by atoms with E-state index in [9.17, 15) is 9.90 Å². The second-order valence-electron chi connectivity index (χ2n) is 5.49. The first-order valence-corrected chi connectivity index (χ1v) is 7.86. The predicted octanol–water partition coefficient (Wildman–Crippen LogP) is 2.06. The fourth-order valence-corrected chi connectivity index (χ4v) is 2.83. The average Bonchev–Trinajstić information content (AvgIpc) is 2.95. The summed E-state index contributed by atoms with van der Waals surface area (Å²) in [5, 5.41) is 12.6. The highest BCUT2D eigenvalue weighted by Crippen LogP contribution is 2.21. The smallest absolute Gasteiger partial charge is 0.254 e. The molecule has 2 rings (SSSR count). The number of carbonyl (C=O) groups is 1. The van der Waals surface area contributed by atoms with Gasteiger partial charge in [0, 0.05) is 24.3 Å². The monoisotopic (exact) mass is 291 g/mol. The molecule has 0 bridgehead atoms. The van der Waals surface area contributed by atoms with Gasteiger partial charge in [0.25, 0.3) is 5.91 Å². The Kier molecular flexibility index (Phi) is 5.56. The van der Waals surface area contributed by atoms with E-state index in [0.29, 0.717) is 5.56 Å². The Hall–Kier alpha value is -1.62. The molecule has 1 amide bonds. The van der Waals surface area contributed by atoms with Crippen molar-refractivity contribution in [1.82, 2.24) is 9.88 Å². The van der Waals surface area contributed by atoms with E-state index >= 15 is 0 Å². The van der Waals surface area contributed by atoms with Gasteiger partial charge >= 0.3 is 0 Å². The molecule has 0 spiro atoms. The van der Waals surface area contributed by atoms with Gasteiger partial charge in [-0.15, -0.1) is 0 Å². The van der Waals surface area contributed by atoms with Gasteiger partial charge in [-0.3, -0.25) is 4.79 Å². The van der Waals surface area contributed by atoms with E-state index in [0.717, 1.165) is 50.3 Å². The highest BCUT2D eigenvalue weighted by Gasteiger charge is 2.29. The predicted molar refractivity (Wildman–Crippen MR) is 83.5 cm³/mol. The van der Waals surface area contributed by atoms with E-state index in [1.165, 1.54) is 0 Å². The lowest BCUT2D eigenvalue weighted by molar-refractivity contribution is 0.0677. The van der Waals surface area contributed by atoms with Crippen molar-refractivity contribution in [2.24, 2.45) is 0 Å². The molecule has 1 atom stereocenters. The number of hydrogen-bond acceptors (Lipinski definition) is 4. The lowest BCUT2D eigenvalue weighted by atomic mass is 10.1. The molecule has 1 fully saturated rings. The minimum atomic E-state index is -0.0390. The van der Waals surface area contributed by atoms with Crippen molar-refractivity contribution in [2.45, 2.75) is 45.6 Å². The summed E-state index contributed by atoms with van der Waals surface area (Å²) in [4.78, 5) is 19.0. The largest absolute Gasteiger partial charge is 0.394 e. The Morgan fingerprint density at radius 3 is 2.95 bits per heavy atom. The zero-order valence-corrected chi connectivity index (χ0v) is 12.9. The summed E-state index contributed by atoms with van der Waals surface area (Å²) in [7, 11) is 0. The zero-order valence-electron chi connectivity index (χ0n) is 12.9. The van der Waals surface area contributed by atoms with Gasteiger partial charge in [0.05, 0.1) is 12.6 Å². The van der Waals surface area contributed by atoms with Crippen LogP contribution in [0.4, 0.5) is 5.82 Å². The highest BCUT2D eigenvalue weighted by molar-refractivity contribution is 5.95. The first kappa shape index (κ1) is 15.8. The van der Waals surface area contributed by atoms with Gasteiger partial charge in [-0.1, -0.05) is 13.3 Å². The van der Waals surface area contributed by atoms with Crippen LogP contribution in [0, 0.1) is 0 Å². The summed E-state index contributed by atoms with van der Waals surface area (Å²) in [5.41, 5.74) is 1.61. The maximum Gasteiger partial charge on any atom is 0.254 e. The summed E-state index contributed by atoms with van der Waals surface area (Å²) < 4.78 is 0. The number of aliphatic hydroxyl groups is 1. The van der Waals surface area contributed by atoms with Gasteiger partial charge < -0.3 is 15.3 Å². The number of likely N-dealkylation sites (tertiary alicyclic amines) is 1. The number of hydrogen-bond donors (Lipinski definition) is 2. The molecule has 5 heteroatoms. The van der Waals surface area contributed by atoms with Crippen LogP contribution in [-0.4, -0.2) is 46.6 Å². The first-order chi connectivity index (χ1) is 10.2. The van der Waals surface area contributed by atoms with Gasteiger partial charge in [0.2, 0.25) is 0 Å². The molecule has 0 aromatic carbocycles. The van der Waals surface area contributed by atoms with Crippen LogP contribution in [0.2, 0.25) is 0 Å². The molecule has 0 aliphatic carbocycles. The van der Waals surface area contributed by atoms with E-state index in [4.69, 9.17) is 0 Å². The standard InChI is InChI=1S/C16H25N3O2/c1-3-6-13-9-12(10-15(18-13)17-4-2)16(21)19-8-5-7-14(19)11-20/h9-10,14,20H,3-8,11H2,1-2H3,(H,17,18). The number of anilines is 1. The normalized spacial score (nSPS) is 18.0. The van der Waals surface area contributed by atoms with Crippen molar-refractivity contribution in [2.75, 3.05) is 25.0 Å². The summed E-state index contributed by atoms with van der Waals surface area (Å²) in [6, 6.07) is 3.67. The maximum absolute atomic E-state index is 12.7. The number of carbonyl (C=O) groups excluding carboxylic acids is 1. The Morgan fingerprint density at radius 1 is 1.48 bits per heavy atom. The summed E-state index contributed by atoms with van der Waals surface area (Å²) in [6.45, 7) is 5.66. The van der Waals surface area contributed by atoms with E-state index in [1.807, 2.05) is 19.1 Å². The molecule has 2 heterocycles. The number of rotatable bonds is 6. The summed E-state index contributed by atoms with van der Waals surface area (Å²) in [5.74, 6) is 0.761. The van der Waals surface area contributed by atoms with Gasteiger partial charge in [-0.2, -0.15) is 0 Å². The first-order valence-electron chi connectivity index (χ1n) is 7.86. The molecule has 21 heavy (non-hydrogen) atoms. The number of nitrogens with zero attached hydrogens (tertiary/aromatic N) is 2. The van der Waals surface area contributed by atoms with Crippen LogP contribution in [0.5, 0.6) is 0 Å². The molecule has 5 nitrogen and oxygen atoms in total. The number of amides is 1. The molecule has 1 aromatic heterocycles. The SMILES string of the molecule is CCCc1cc(C(=O)N2CCCC2CO)cc(NCC)n1. The van der Waals surface area contributed by atoms with Crippen molar-refractivity contribution < 1.29 is 9.90 Å². The minimum Gasteiger partial charge on any atom is -0.394 e. The van der Waals surface area contributed by atoms with Crippen LogP contribution >= 0.6 is 0 Å². The number of aryl methyl sites for hydroxylation is 1. The molecule has 1 aliphatic rings. The van der Waals surface area contributed by atoms with Crippen LogP contribution in [0.3, 0.4) is 0 Å². The maximum atomic E-state index is 12.7. The van der Waals surface area contributed by atoms with Gasteiger partial charge in [0.1, 0.15) is 5.82 Å². The molecular weight excluding hydrogens is 266 g/mol. The number of nitrogens with one attached hydrogen (secondary N) is 1. The zero-order chi connectivity index (χ0) is 15.2. The molecule has 0 saturated carbocycles. The Balaban J connectivity index is 2.26. The van der Waals surface area contributed by atoms with Crippen LogP contribution in [0.25, 0.3) is 0 Å². The molecule has 116 valence electrons. The molecule has 1 saturated heterocycles. The highest BCUT2D eigenvalue weighted by atomic mass is 16.3. The third-order valence-corrected chi connectivity index (χ3v) is 3.84. The lowest BCUT2D eigenvalue weighted by Gasteiger charge is -2.23. The van der Waals surface area contributed by atoms with Crippen molar-refractivity contribution in [3.8, 4) is 0 Å². The topological polar surface area (TPSA) is 65.5 Å². The van der Waals surface area contributed by atoms with Crippen molar-refractivity contribution in [1.29, 1.82) is 0 Å². The average molecular weight is 291 g/mol. The molecular formula is C16H25N3O2.